The molecule has 0 aliphatic rings. The zero-order chi connectivity index (χ0) is 11.5. The molecule has 0 saturated heterocycles. The molecule has 0 radical (unpaired) electrons. The predicted octanol–water partition coefficient (Wildman–Crippen LogP) is -0.299. The molecule has 0 aliphatic carbocycles. The molecule has 1 aromatic carbocycles. The summed E-state index contributed by atoms with van der Waals surface area (Å²) in [6.45, 7) is 0.338. The van der Waals surface area contributed by atoms with E-state index in [1.165, 1.54) is 0 Å². The number of aliphatic hydroxyl groups excluding tert-OH is 2. The van der Waals surface area contributed by atoms with Crippen molar-refractivity contribution in [2.75, 3.05) is 6.54 Å². The number of benzene rings is 1. The maximum absolute atomic E-state index is 9.85. The number of nitrogens with zero attached hydrogens (tertiary/aromatic N) is 2. The van der Waals surface area contributed by atoms with Crippen LogP contribution < -0.4 is 5.73 Å². The van der Waals surface area contributed by atoms with Gasteiger partial charge in [0, 0.05) is 0 Å². The minimum Gasteiger partial charge on any atom is -0.390 e. The molecule has 1 heterocycles. The Balaban J connectivity index is 2.24. The molecule has 2 atom stereocenters. The van der Waals surface area contributed by atoms with E-state index in [0.717, 1.165) is 5.52 Å². The second-order valence-corrected chi connectivity index (χ2v) is 3.66. The largest absolute Gasteiger partial charge is 0.390 e. The van der Waals surface area contributed by atoms with Gasteiger partial charge in [-0.05, 0) is 30.7 Å². The predicted molar refractivity (Wildman–Crippen MR) is 58.5 cm³/mol. The average Bonchev–Trinajstić information content (AvgIpc) is 2.75. The van der Waals surface area contributed by atoms with Gasteiger partial charge in [0.25, 0.3) is 0 Å². The van der Waals surface area contributed by atoms with Gasteiger partial charge in [-0.1, -0.05) is 6.07 Å². The molecule has 0 fully saturated rings. The molecule has 6 nitrogen and oxygen atoms in total. The lowest BCUT2D eigenvalue weighted by Crippen LogP contribution is -2.21. The van der Waals surface area contributed by atoms with Gasteiger partial charge < -0.3 is 15.9 Å². The van der Waals surface area contributed by atoms with Crippen LogP contribution in [0.5, 0.6) is 0 Å². The van der Waals surface area contributed by atoms with Gasteiger partial charge in [0.05, 0.1) is 6.10 Å². The summed E-state index contributed by atoms with van der Waals surface area (Å²) in [5, 5.41) is 29.8. The van der Waals surface area contributed by atoms with Crippen molar-refractivity contribution in [2.24, 2.45) is 5.73 Å². The fourth-order valence-electron chi connectivity index (χ4n) is 1.59. The summed E-state index contributed by atoms with van der Waals surface area (Å²) in [4.78, 5) is 0. The number of aromatic nitrogens is 3. The van der Waals surface area contributed by atoms with Crippen molar-refractivity contribution in [3.05, 3.63) is 23.8 Å². The SMILES string of the molecule is NCCC(O)C(O)c1ccc2n[nH]nc2c1. The van der Waals surface area contributed by atoms with Crippen molar-refractivity contribution >= 4 is 11.0 Å². The van der Waals surface area contributed by atoms with Crippen LogP contribution in [0.25, 0.3) is 11.0 Å². The Kier molecular flexibility index (Phi) is 3.14. The van der Waals surface area contributed by atoms with Gasteiger partial charge in [-0.15, -0.1) is 0 Å². The number of nitrogens with one attached hydrogen (secondary N) is 1. The van der Waals surface area contributed by atoms with Crippen LogP contribution in [0, 0.1) is 0 Å². The second-order valence-electron chi connectivity index (χ2n) is 3.66. The van der Waals surface area contributed by atoms with E-state index in [2.05, 4.69) is 15.4 Å². The summed E-state index contributed by atoms with van der Waals surface area (Å²) in [5.41, 5.74) is 7.32. The van der Waals surface area contributed by atoms with E-state index in [4.69, 9.17) is 5.73 Å². The third-order valence-corrected chi connectivity index (χ3v) is 2.51. The monoisotopic (exact) mass is 222 g/mol. The maximum atomic E-state index is 9.85. The van der Waals surface area contributed by atoms with Crippen LogP contribution in [0.1, 0.15) is 18.1 Å². The fourth-order valence-corrected chi connectivity index (χ4v) is 1.59. The second kappa shape index (κ2) is 4.56. The van der Waals surface area contributed by atoms with Crippen molar-refractivity contribution in [3.8, 4) is 0 Å². The number of hydrogen-bond acceptors (Lipinski definition) is 5. The normalized spacial score (nSPS) is 15.2. The van der Waals surface area contributed by atoms with Crippen LogP contribution in [0.2, 0.25) is 0 Å². The Morgan fingerprint density at radius 3 is 2.75 bits per heavy atom. The van der Waals surface area contributed by atoms with Gasteiger partial charge in [-0.3, -0.25) is 0 Å². The topological polar surface area (TPSA) is 108 Å². The van der Waals surface area contributed by atoms with Crippen LogP contribution in [-0.2, 0) is 0 Å². The number of aromatic amines is 1. The smallest absolute Gasteiger partial charge is 0.113 e. The first-order valence-electron chi connectivity index (χ1n) is 5.09. The molecule has 2 rings (SSSR count). The Bertz CT molecular complexity index is 471. The van der Waals surface area contributed by atoms with Gasteiger partial charge in [-0.2, -0.15) is 15.4 Å². The summed E-state index contributed by atoms with van der Waals surface area (Å²) < 4.78 is 0. The molecule has 2 unspecified atom stereocenters. The molecule has 6 heteroatoms. The van der Waals surface area contributed by atoms with Crippen molar-refractivity contribution in [1.29, 1.82) is 0 Å². The van der Waals surface area contributed by atoms with Crippen molar-refractivity contribution in [1.82, 2.24) is 15.4 Å². The van der Waals surface area contributed by atoms with E-state index in [1.54, 1.807) is 18.2 Å². The number of nitrogens with two attached hydrogens (primary N) is 1. The summed E-state index contributed by atoms with van der Waals surface area (Å²) in [5.74, 6) is 0. The molecule has 5 N–H and O–H groups in total. The lowest BCUT2D eigenvalue weighted by atomic mass is 10.0. The first-order chi connectivity index (χ1) is 7.72. The Labute approximate surface area is 92.1 Å². The standard InChI is InChI=1S/C10H14N4O2/c11-4-3-9(15)10(16)6-1-2-7-8(5-6)13-14-12-7/h1-2,5,9-10,15-16H,3-4,11H2,(H,12,13,14). The maximum Gasteiger partial charge on any atom is 0.113 e. The molecule has 0 aliphatic heterocycles. The van der Waals surface area contributed by atoms with Crippen LogP contribution in [0.3, 0.4) is 0 Å². The Hall–Kier alpha value is -1.50. The zero-order valence-corrected chi connectivity index (χ0v) is 8.67. The van der Waals surface area contributed by atoms with Gasteiger partial charge in [0.15, 0.2) is 0 Å². The van der Waals surface area contributed by atoms with Gasteiger partial charge in [-0.25, -0.2) is 0 Å². The highest BCUT2D eigenvalue weighted by Gasteiger charge is 2.18. The quantitative estimate of drug-likeness (QED) is 0.568. The first kappa shape index (κ1) is 11.0. The van der Waals surface area contributed by atoms with Crippen molar-refractivity contribution in [3.63, 3.8) is 0 Å². The molecular weight excluding hydrogens is 208 g/mol. The zero-order valence-electron chi connectivity index (χ0n) is 8.67. The minimum absolute atomic E-state index is 0.338. The van der Waals surface area contributed by atoms with E-state index >= 15 is 0 Å². The van der Waals surface area contributed by atoms with Crippen LogP contribution in [-0.4, -0.2) is 38.3 Å². The summed E-state index contributed by atoms with van der Waals surface area (Å²) in [6, 6.07) is 5.16. The molecular formula is C10H14N4O2. The molecule has 16 heavy (non-hydrogen) atoms. The van der Waals surface area contributed by atoms with Crippen LogP contribution in [0.15, 0.2) is 18.2 Å². The number of H-pyrrole nitrogens is 1. The molecule has 1 aromatic heterocycles. The molecule has 0 spiro atoms. The Morgan fingerprint density at radius 1 is 1.25 bits per heavy atom. The van der Waals surface area contributed by atoms with Crippen molar-refractivity contribution in [2.45, 2.75) is 18.6 Å². The third-order valence-electron chi connectivity index (χ3n) is 2.51. The molecule has 0 bridgehead atoms. The summed E-state index contributed by atoms with van der Waals surface area (Å²) in [7, 11) is 0. The number of fused-ring (bicyclic) bond motifs is 1. The molecule has 2 aromatic rings. The fraction of sp³-hybridized carbons (Fsp3) is 0.400. The molecule has 0 amide bonds. The Morgan fingerprint density at radius 2 is 2.00 bits per heavy atom. The summed E-state index contributed by atoms with van der Waals surface area (Å²) in [6.07, 6.45) is -1.43. The van der Waals surface area contributed by atoms with E-state index in [0.29, 0.717) is 24.0 Å². The van der Waals surface area contributed by atoms with E-state index in [9.17, 15) is 10.2 Å². The highest BCUT2D eigenvalue weighted by atomic mass is 16.3. The van der Waals surface area contributed by atoms with Gasteiger partial charge in [0.2, 0.25) is 0 Å². The van der Waals surface area contributed by atoms with Gasteiger partial charge >= 0.3 is 0 Å². The van der Waals surface area contributed by atoms with E-state index < -0.39 is 12.2 Å². The van der Waals surface area contributed by atoms with Crippen LogP contribution >= 0.6 is 0 Å². The van der Waals surface area contributed by atoms with Gasteiger partial charge in [0.1, 0.15) is 17.1 Å². The average molecular weight is 222 g/mol. The lowest BCUT2D eigenvalue weighted by molar-refractivity contribution is 0.0151. The third kappa shape index (κ3) is 2.04. The number of rotatable bonds is 4. The first-order valence-corrected chi connectivity index (χ1v) is 5.09. The van der Waals surface area contributed by atoms with Crippen molar-refractivity contribution < 1.29 is 10.2 Å². The van der Waals surface area contributed by atoms with Crippen LogP contribution in [0.4, 0.5) is 0 Å². The summed E-state index contributed by atoms with van der Waals surface area (Å²) >= 11 is 0. The minimum atomic E-state index is -0.940. The highest BCUT2D eigenvalue weighted by molar-refractivity contribution is 5.74. The number of aliphatic hydroxyl groups is 2. The molecule has 86 valence electrons. The highest BCUT2D eigenvalue weighted by Crippen LogP contribution is 2.21. The number of hydrogen-bond donors (Lipinski definition) is 4. The molecule has 0 saturated carbocycles. The van der Waals surface area contributed by atoms with E-state index in [1.807, 2.05) is 0 Å². The lowest BCUT2D eigenvalue weighted by Gasteiger charge is -2.17. The van der Waals surface area contributed by atoms with E-state index in [-0.39, 0.29) is 0 Å².